The number of pyridine rings is 1. The molecule has 2 atom stereocenters. The van der Waals surface area contributed by atoms with Crippen molar-refractivity contribution < 1.29 is 31.5 Å². The number of fused-ring (bicyclic) bond motifs is 1. The number of nitrogens with zero attached hydrogens (tertiary/aromatic N) is 3. The number of likely N-dealkylation sites (N-methyl/N-ethyl adjacent to an activating group) is 1. The summed E-state index contributed by atoms with van der Waals surface area (Å²) in [4.78, 5) is 30.6. The smallest absolute Gasteiger partial charge is 0.278 e. The van der Waals surface area contributed by atoms with Gasteiger partial charge in [0.2, 0.25) is 0 Å². The highest BCUT2D eigenvalue weighted by Crippen LogP contribution is 2.40. The molecule has 2 amide bonds. The highest BCUT2D eigenvalue weighted by molar-refractivity contribution is 7.91. The molecule has 1 saturated heterocycles. The molecule has 6 rings (SSSR count). The lowest BCUT2D eigenvalue weighted by atomic mass is 10.0. The predicted octanol–water partition coefficient (Wildman–Crippen LogP) is 3.04. The van der Waals surface area contributed by atoms with Gasteiger partial charge < -0.3 is 15.5 Å². The van der Waals surface area contributed by atoms with Crippen molar-refractivity contribution in [3.05, 3.63) is 83.6 Å². The number of anilines is 3. The average Bonchev–Trinajstić information content (AvgIpc) is 3.53. The van der Waals surface area contributed by atoms with E-state index in [1.54, 1.807) is 18.1 Å². The number of halogens is 2. The predicted molar refractivity (Wildman–Crippen MR) is 163 cm³/mol. The minimum atomic E-state index is -3.03. The maximum absolute atomic E-state index is 15.3. The van der Waals surface area contributed by atoms with Crippen LogP contribution in [0.1, 0.15) is 18.9 Å². The number of aromatic nitrogens is 1. The van der Waals surface area contributed by atoms with Gasteiger partial charge in [-0.2, -0.15) is 0 Å². The van der Waals surface area contributed by atoms with E-state index in [0.717, 1.165) is 6.07 Å². The van der Waals surface area contributed by atoms with Crippen molar-refractivity contribution >= 4 is 38.8 Å². The van der Waals surface area contributed by atoms with Crippen LogP contribution in [0.5, 0.6) is 11.5 Å². The van der Waals surface area contributed by atoms with E-state index in [2.05, 4.69) is 26.5 Å². The van der Waals surface area contributed by atoms with E-state index in [0.29, 0.717) is 35.8 Å². The van der Waals surface area contributed by atoms with Crippen molar-refractivity contribution in [1.82, 2.24) is 20.7 Å². The van der Waals surface area contributed by atoms with Crippen molar-refractivity contribution in [2.24, 2.45) is 5.92 Å². The van der Waals surface area contributed by atoms with Crippen molar-refractivity contribution in [3.8, 4) is 11.5 Å². The number of hydrogen-bond donors (Lipinski definition) is 4. The van der Waals surface area contributed by atoms with Gasteiger partial charge in [0.05, 0.1) is 22.8 Å². The Morgan fingerprint density at radius 1 is 1.16 bits per heavy atom. The SMILES string of the molecule is CN1CC=C(C(=O)Nc2ccc(Oc3ccnc4c3C(C)(NCC3CCS(=O)(=O)C3)NN4)c(F)c2)C(=O)N1c1ccc(F)cc1. The number of amides is 2. The molecular weight excluding hydrogens is 608 g/mol. The molecule has 0 radical (unpaired) electrons. The van der Waals surface area contributed by atoms with Crippen molar-refractivity contribution in [2.45, 2.75) is 19.0 Å². The van der Waals surface area contributed by atoms with Gasteiger partial charge in [0.1, 0.15) is 28.6 Å². The molecule has 45 heavy (non-hydrogen) atoms. The van der Waals surface area contributed by atoms with Crippen LogP contribution in [0.2, 0.25) is 0 Å². The fraction of sp³-hybridized carbons (Fsp3) is 0.300. The van der Waals surface area contributed by atoms with E-state index in [-0.39, 0.29) is 41.0 Å². The first kappa shape index (κ1) is 30.6. The summed E-state index contributed by atoms with van der Waals surface area (Å²) >= 11 is 0. The second-order valence-electron chi connectivity index (χ2n) is 11.3. The molecule has 3 aliphatic heterocycles. The topological polar surface area (TPSA) is 145 Å². The molecule has 4 heterocycles. The van der Waals surface area contributed by atoms with Crippen molar-refractivity contribution in [2.75, 3.05) is 47.4 Å². The third-order valence-electron chi connectivity index (χ3n) is 7.96. The first-order chi connectivity index (χ1) is 21.4. The molecule has 1 fully saturated rings. The Kier molecular flexibility index (Phi) is 8.03. The number of carbonyl (C=O) groups is 2. The quantitative estimate of drug-likeness (QED) is 0.272. The Bertz CT molecular complexity index is 1800. The highest BCUT2D eigenvalue weighted by atomic mass is 32.2. The van der Waals surface area contributed by atoms with Gasteiger partial charge in [-0.25, -0.2) is 37.6 Å². The zero-order valence-corrected chi connectivity index (χ0v) is 25.2. The van der Waals surface area contributed by atoms with Crippen LogP contribution in [0, 0.1) is 17.6 Å². The molecule has 236 valence electrons. The Hall–Kier alpha value is -4.44. The van der Waals surface area contributed by atoms with E-state index in [4.69, 9.17) is 4.74 Å². The molecular formula is C30H31F2N7O5S. The maximum atomic E-state index is 15.3. The van der Waals surface area contributed by atoms with Gasteiger partial charge in [-0.05, 0) is 61.7 Å². The van der Waals surface area contributed by atoms with Gasteiger partial charge in [0, 0.05) is 38.1 Å². The van der Waals surface area contributed by atoms with Crippen LogP contribution in [0.3, 0.4) is 0 Å². The highest BCUT2D eigenvalue weighted by Gasteiger charge is 2.40. The van der Waals surface area contributed by atoms with Crippen molar-refractivity contribution in [3.63, 3.8) is 0 Å². The number of benzene rings is 2. The van der Waals surface area contributed by atoms with E-state index in [9.17, 15) is 22.4 Å². The molecule has 0 bridgehead atoms. The van der Waals surface area contributed by atoms with Gasteiger partial charge >= 0.3 is 0 Å². The van der Waals surface area contributed by atoms with Crippen LogP contribution in [-0.2, 0) is 25.1 Å². The lowest BCUT2D eigenvalue weighted by Crippen LogP contribution is -2.51. The minimum Gasteiger partial charge on any atom is -0.454 e. The second-order valence-corrected chi connectivity index (χ2v) is 13.5. The lowest BCUT2D eigenvalue weighted by Gasteiger charge is -2.34. The van der Waals surface area contributed by atoms with Gasteiger partial charge in [0.15, 0.2) is 21.4 Å². The van der Waals surface area contributed by atoms with E-state index < -0.39 is 38.9 Å². The van der Waals surface area contributed by atoms with Crippen LogP contribution >= 0.6 is 0 Å². The summed E-state index contributed by atoms with van der Waals surface area (Å²) in [7, 11) is -1.37. The minimum absolute atomic E-state index is 0.0366. The standard InChI is InChI=1S/C30H31F2N7O5S/c1-30(34-16-18-11-14-45(42,43)17-18)26-25(9-12-33-27(26)36-37-30)44-24-8-5-20(15-23(24)32)35-28(40)22-10-13-38(2)39(29(22)41)21-6-3-19(31)4-7-21/h3-10,12,15,18,34,37H,11,13-14,16-17H2,1-2H3,(H,33,36)(H,35,40). The lowest BCUT2D eigenvalue weighted by molar-refractivity contribution is -0.122. The Balaban J connectivity index is 1.15. The van der Waals surface area contributed by atoms with Gasteiger partial charge in [0.25, 0.3) is 11.8 Å². The molecule has 0 saturated carbocycles. The molecule has 12 nitrogen and oxygen atoms in total. The molecule has 0 aliphatic carbocycles. The first-order valence-corrected chi connectivity index (χ1v) is 16.0. The van der Waals surface area contributed by atoms with Crippen LogP contribution in [0.4, 0.5) is 26.0 Å². The molecule has 0 spiro atoms. The summed E-state index contributed by atoms with van der Waals surface area (Å²) in [6.07, 6.45) is 3.55. The maximum Gasteiger partial charge on any atom is 0.278 e. The summed E-state index contributed by atoms with van der Waals surface area (Å²) in [5.74, 6) is -1.65. The monoisotopic (exact) mass is 639 g/mol. The molecule has 3 aromatic rings. The number of hydrogen-bond acceptors (Lipinski definition) is 10. The van der Waals surface area contributed by atoms with Crippen LogP contribution in [0.25, 0.3) is 0 Å². The largest absolute Gasteiger partial charge is 0.454 e. The van der Waals surface area contributed by atoms with Gasteiger partial charge in [-0.1, -0.05) is 6.08 Å². The van der Waals surface area contributed by atoms with Crippen LogP contribution in [0.15, 0.2) is 66.4 Å². The zero-order valence-electron chi connectivity index (χ0n) is 24.4. The third kappa shape index (κ3) is 6.24. The van der Waals surface area contributed by atoms with Crippen molar-refractivity contribution in [1.29, 1.82) is 0 Å². The number of hydrazine groups is 2. The summed E-state index contributed by atoms with van der Waals surface area (Å²) in [6.45, 7) is 2.51. The Morgan fingerprint density at radius 3 is 2.64 bits per heavy atom. The van der Waals surface area contributed by atoms with E-state index >= 15 is 4.39 Å². The summed E-state index contributed by atoms with van der Waals surface area (Å²) in [5.41, 5.74) is 6.14. The number of rotatable bonds is 8. The molecule has 1 aromatic heterocycles. The second kappa shape index (κ2) is 11.8. The fourth-order valence-corrected chi connectivity index (χ4v) is 7.46. The Morgan fingerprint density at radius 2 is 1.93 bits per heavy atom. The van der Waals surface area contributed by atoms with E-state index in [1.807, 2.05) is 6.92 Å². The number of ether oxygens (including phenoxy) is 1. The fourth-order valence-electron chi connectivity index (χ4n) is 5.59. The zero-order chi connectivity index (χ0) is 31.9. The summed E-state index contributed by atoms with van der Waals surface area (Å²) < 4.78 is 58.5. The third-order valence-corrected chi connectivity index (χ3v) is 9.80. The molecule has 3 aliphatic rings. The van der Waals surface area contributed by atoms with Crippen LogP contribution in [-0.4, -0.2) is 61.9 Å². The summed E-state index contributed by atoms with van der Waals surface area (Å²) in [6, 6.07) is 10.8. The molecule has 4 N–H and O–H groups in total. The molecule has 15 heteroatoms. The van der Waals surface area contributed by atoms with Crippen LogP contribution < -0.4 is 31.2 Å². The molecule has 2 unspecified atom stereocenters. The number of nitrogens with one attached hydrogen (secondary N) is 4. The average molecular weight is 640 g/mol. The number of sulfone groups is 1. The van der Waals surface area contributed by atoms with Gasteiger partial charge in [-0.3, -0.25) is 14.9 Å². The summed E-state index contributed by atoms with van der Waals surface area (Å²) in [5, 5.41) is 8.77. The van der Waals surface area contributed by atoms with E-state index in [1.165, 1.54) is 53.7 Å². The molecule has 2 aromatic carbocycles. The van der Waals surface area contributed by atoms with Gasteiger partial charge in [-0.15, -0.1) is 0 Å². The Labute approximate surface area is 258 Å². The number of carbonyl (C=O) groups excluding carboxylic acids is 2. The normalized spacial score (nSPS) is 22.5. The first-order valence-electron chi connectivity index (χ1n) is 14.2.